The van der Waals surface area contributed by atoms with Gasteiger partial charge in [0, 0.05) is 36.9 Å². The second-order valence-corrected chi connectivity index (χ2v) is 6.98. The maximum atomic E-state index is 13.7. The Balaban J connectivity index is 1.52. The first-order valence-electron chi connectivity index (χ1n) is 9.35. The van der Waals surface area contributed by atoms with Gasteiger partial charge < -0.3 is 10.2 Å². The van der Waals surface area contributed by atoms with E-state index < -0.39 is 23.2 Å². The number of para-hydroxylation sites is 1. The molecule has 0 radical (unpaired) electrons. The smallest absolute Gasteiger partial charge is 0.356 e. The molecule has 3 aromatic rings. The Labute approximate surface area is 165 Å². The number of anilines is 1. The summed E-state index contributed by atoms with van der Waals surface area (Å²) >= 11 is 0. The Morgan fingerprint density at radius 3 is 2.45 bits per heavy atom. The summed E-state index contributed by atoms with van der Waals surface area (Å²) in [6, 6.07) is 11.4. The van der Waals surface area contributed by atoms with Gasteiger partial charge in [-0.15, -0.1) is 0 Å². The van der Waals surface area contributed by atoms with Crippen LogP contribution in [0.2, 0.25) is 0 Å². The monoisotopic (exact) mass is 400 g/mol. The Hall–Kier alpha value is -3.16. The number of rotatable bonds is 3. The molecule has 150 valence electrons. The van der Waals surface area contributed by atoms with E-state index in [1.807, 2.05) is 18.2 Å². The average Bonchev–Trinajstić information content (AvgIpc) is 2.73. The van der Waals surface area contributed by atoms with Gasteiger partial charge in [0.1, 0.15) is 5.82 Å². The number of nitrogens with zero attached hydrogens (tertiary/aromatic N) is 3. The van der Waals surface area contributed by atoms with Gasteiger partial charge in [-0.2, -0.15) is 13.2 Å². The molecule has 1 aliphatic rings. The maximum absolute atomic E-state index is 13.7. The molecule has 2 aromatic heterocycles. The van der Waals surface area contributed by atoms with Crippen molar-refractivity contribution in [1.29, 1.82) is 0 Å². The normalized spacial score (nSPS) is 15.5. The number of amides is 1. The van der Waals surface area contributed by atoms with Gasteiger partial charge in [0.05, 0.1) is 16.6 Å². The van der Waals surface area contributed by atoms with Crippen molar-refractivity contribution < 1.29 is 18.0 Å². The Bertz CT molecular complexity index is 1020. The van der Waals surface area contributed by atoms with Gasteiger partial charge in [0.2, 0.25) is 0 Å². The molecule has 1 aromatic carbocycles. The average molecular weight is 400 g/mol. The summed E-state index contributed by atoms with van der Waals surface area (Å²) in [5.41, 5.74) is -1.17. The van der Waals surface area contributed by atoms with Gasteiger partial charge >= 0.3 is 6.18 Å². The van der Waals surface area contributed by atoms with Crippen molar-refractivity contribution in [3.8, 4) is 0 Å². The van der Waals surface area contributed by atoms with Crippen molar-refractivity contribution in [2.75, 3.05) is 18.0 Å². The lowest BCUT2D eigenvalue weighted by Gasteiger charge is -2.33. The zero-order valence-corrected chi connectivity index (χ0v) is 15.5. The summed E-state index contributed by atoms with van der Waals surface area (Å²) in [7, 11) is 0. The highest BCUT2D eigenvalue weighted by Gasteiger charge is 2.38. The van der Waals surface area contributed by atoms with E-state index in [1.165, 1.54) is 18.2 Å². The second-order valence-electron chi connectivity index (χ2n) is 6.98. The molecule has 4 rings (SSSR count). The molecule has 1 N–H and O–H groups in total. The lowest BCUT2D eigenvalue weighted by atomic mass is 10.0. The van der Waals surface area contributed by atoms with Crippen LogP contribution < -0.4 is 10.2 Å². The fraction of sp³-hybridized carbons (Fsp3) is 0.286. The zero-order chi connectivity index (χ0) is 20.4. The third kappa shape index (κ3) is 4.01. The van der Waals surface area contributed by atoms with Gasteiger partial charge in [0.25, 0.3) is 5.91 Å². The van der Waals surface area contributed by atoms with Crippen LogP contribution in [0.4, 0.5) is 19.0 Å². The Kier molecular flexibility index (Phi) is 5.08. The fourth-order valence-electron chi connectivity index (χ4n) is 3.68. The SMILES string of the molecule is O=C(NC1CCN(c2ccccn2)CC1)c1cnc2ccccc2c1C(F)(F)F. The number of halogens is 3. The summed E-state index contributed by atoms with van der Waals surface area (Å²) in [4.78, 5) is 23.1. The van der Waals surface area contributed by atoms with E-state index in [0.717, 1.165) is 12.0 Å². The number of hydrogen-bond acceptors (Lipinski definition) is 4. The van der Waals surface area contributed by atoms with Crippen LogP contribution in [0.5, 0.6) is 0 Å². The van der Waals surface area contributed by atoms with Crippen molar-refractivity contribution >= 4 is 22.6 Å². The van der Waals surface area contributed by atoms with Crippen molar-refractivity contribution in [1.82, 2.24) is 15.3 Å². The fourth-order valence-corrected chi connectivity index (χ4v) is 3.68. The van der Waals surface area contributed by atoms with Gasteiger partial charge in [0.15, 0.2) is 0 Å². The predicted octanol–water partition coefficient (Wildman–Crippen LogP) is 4.05. The zero-order valence-electron chi connectivity index (χ0n) is 15.5. The quantitative estimate of drug-likeness (QED) is 0.721. The molecule has 3 heterocycles. The van der Waals surface area contributed by atoms with Crippen LogP contribution in [0.15, 0.2) is 54.9 Å². The summed E-state index contributed by atoms with van der Waals surface area (Å²) in [6.45, 7) is 1.34. The van der Waals surface area contributed by atoms with Crippen LogP contribution in [-0.2, 0) is 6.18 Å². The number of pyridine rings is 2. The molecule has 0 spiro atoms. The molecule has 5 nitrogen and oxygen atoms in total. The van der Waals surface area contributed by atoms with Crippen LogP contribution in [0, 0.1) is 0 Å². The molecule has 29 heavy (non-hydrogen) atoms. The number of hydrogen-bond donors (Lipinski definition) is 1. The standard InChI is InChI=1S/C21H19F3N4O/c22-21(23,24)19-15-5-1-2-6-17(15)26-13-16(19)20(29)27-14-8-11-28(12-9-14)18-7-3-4-10-25-18/h1-7,10,13-14H,8-9,11-12H2,(H,27,29). The number of piperidine rings is 1. The summed E-state index contributed by atoms with van der Waals surface area (Å²) < 4.78 is 41.2. The Morgan fingerprint density at radius 2 is 1.76 bits per heavy atom. The molecule has 0 bridgehead atoms. The van der Waals surface area contributed by atoms with E-state index in [9.17, 15) is 18.0 Å². The summed E-state index contributed by atoms with van der Waals surface area (Å²) in [5, 5.41) is 2.69. The molecule has 8 heteroatoms. The van der Waals surface area contributed by atoms with Crippen LogP contribution in [0.25, 0.3) is 10.9 Å². The largest absolute Gasteiger partial charge is 0.417 e. The molecule has 1 aliphatic heterocycles. The van der Waals surface area contributed by atoms with Crippen LogP contribution >= 0.6 is 0 Å². The molecule has 1 saturated heterocycles. The van der Waals surface area contributed by atoms with E-state index in [1.54, 1.807) is 12.3 Å². The van der Waals surface area contributed by atoms with Gasteiger partial charge in [-0.25, -0.2) is 4.98 Å². The van der Waals surface area contributed by atoms with Crippen molar-refractivity contribution in [3.05, 3.63) is 66.0 Å². The minimum Gasteiger partial charge on any atom is -0.356 e. The van der Waals surface area contributed by atoms with Gasteiger partial charge in [-0.1, -0.05) is 24.3 Å². The topological polar surface area (TPSA) is 58.1 Å². The van der Waals surface area contributed by atoms with Crippen LogP contribution in [0.3, 0.4) is 0 Å². The highest BCUT2D eigenvalue weighted by Crippen LogP contribution is 2.36. The number of aromatic nitrogens is 2. The molecule has 0 saturated carbocycles. The number of fused-ring (bicyclic) bond motifs is 1. The Morgan fingerprint density at radius 1 is 1.03 bits per heavy atom. The van der Waals surface area contributed by atoms with Gasteiger partial charge in [-0.05, 0) is 31.0 Å². The second kappa shape index (κ2) is 7.69. The molecule has 0 atom stereocenters. The van der Waals surface area contributed by atoms with Gasteiger partial charge in [-0.3, -0.25) is 9.78 Å². The van der Waals surface area contributed by atoms with Crippen LogP contribution in [-0.4, -0.2) is 35.0 Å². The number of benzene rings is 1. The van der Waals surface area contributed by atoms with E-state index in [4.69, 9.17) is 0 Å². The first-order valence-corrected chi connectivity index (χ1v) is 9.35. The minimum absolute atomic E-state index is 0.0716. The highest BCUT2D eigenvalue weighted by molar-refractivity contribution is 6.00. The number of carbonyl (C=O) groups excluding carboxylic acids is 1. The molecule has 0 aliphatic carbocycles. The maximum Gasteiger partial charge on any atom is 0.417 e. The first kappa shape index (κ1) is 19.2. The van der Waals surface area contributed by atoms with E-state index in [-0.39, 0.29) is 16.9 Å². The summed E-state index contributed by atoms with van der Waals surface area (Å²) in [6.07, 6.45) is -0.662. The minimum atomic E-state index is -4.66. The third-order valence-electron chi connectivity index (χ3n) is 5.11. The lowest BCUT2D eigenvalue weighted by molar-refractivity contribution is -0.136. The number of nitrogens with one attached hydrogen (secondary N) is 1. The van der Waals surface area contributed by atoms with Crippen molar-refractivity contribution in [3.63, 3.8) is 0 Å². The molecular formula is C21H19F3N4O. The molecule has 1 amide bonds. The third-order valence-corrected chi connectivity index (χ3v) is 5.11. The molecular weight excluding hydrogens is 381 g/mol. The predicted molar refractivity (Wildman–Crippen MR) is 104 cm³/mol. The number of carbonyl (C=O) groups is 1. The van der Waals surface area contributed by atoms with E-state index in [2.05, 4.69) is 20.2 Å². The van der Waals surface area contributed by atoms with Crippen molar-refractivity contribution in [2.24, 2.45) is 0 Å². The van der Waals surface area contributed by atoms with Crippen LogP contribution in [0.1, 0.15) is 28.8 Å². The van der Waals surface area contributed by atoms with E-state index >= 15 is 0 Å². The molecule has 1 fully saturated rings. The lowest BCUT2D eigenvalue weighted by Crippen LogP contribution is -2.45. The first-order chi connectivity index (χ1) is 13.9. The van der Waals surface area contributed by atoms with Crippen molar-refractivity contribution in [2.45, 2.75) is 25.1 Å². The number of alkyl halides is 3. The van der Waals surface area contributed by atoms with E-state index in [0.29, 0.717) is 25.9 Å². The molecule has 0 unspecified atom stereocenters. The highest BCUT2D eigenvalue weighted by atomic mass is 19.4. The summed E-state index contributed by atoms with van der Waals surface area (Å²) in [5.74, 6) is 0.113.